The number of nitrogens with two attached hydrogens (primary N) is 1. The molecule has 0 heterocycles. The highest BCUT2D eigenvalue weighted by Gasteiger charge is 2.28. The predicted octanol–water partition coefficient (Wildman–Crippen LogP) is 4.69. The van der Waals surface area contributed by atoms with Crippen molar-refractivity contribution in [1.29, 1.82) is 0 Å². The van der Waals surface area contributed by atoms with Gasteiger partial charge in [0.25, 0.3) is 0 Å². The van der Waals surface area contributed by atoms with Gasteiger partial charge in [0.15, 0.2) is 0 Å². The summed E-state index contributed by atoms with van der Waals surface area (Å²) in [5, 5.41) is 1.54. The molecule has 2 N–H and O–H groups in total. The first-order chi connectivity index (χ1) is 8.61. The van der Waals surface area contributed by atoms with Crippen LogP contribution in [0.15, 0.2) is 18.2 Å². The van der Waals surface area contributed by atoms with E-state index in [1.165, 1.54) is 19.3 Å². The fourth-order valence-electron chi connectivity index (χ4n) is 2.98. The van der Waals surface area contributed by atoms with E-state index in [-0.39, 0.29) is 0 Å². The Bertz CT molecular complexity index is 385. The van der Waals surface area contributed by atoms with Gasteiger partial charge in [0.1, 0.15) is 0 Å². The minimum absolute atomic E-state index is 0.292. The summed E-state index contributed by atoms with van der Waals surface area (Å²) >= 11 is 12.5. The van der Waals surface area contributed by atoms with E-state index in [0.29, 0.717) is 12.0 Å². The smallest absolute Gasteiger partial charge is 0.0452 e. The number of rotatable bonds is 3. The Labute approximate surface area is 120 Å². The minimum atomic E-state index is 0.292. The fourth-order valence-corrected chi connectivity index (χ4v) is 3.53. The predicted molar refractivity (Wildman–Crippen MR) is 79.3 cm³/mol. The van der Waals surface area contributed by atoms with Crippen molar-refractivity contribution >= 4 is 23.2 Å². The molecule has 1 aromatic carbocycles. The molecule has 3 heteroatoms. The standard InChI is InChI=1S/C15H21Cl2N/c1-2-10-6-7-15(18)11(8-10)9-12-13(16)4-3-5-14(12)17/h3-5,10-11,15H,2,6-9,18H2,1H3. The normalized spacial score (nSPS) is 28.3. The maximum Gasteiger partial charge on any atom is 0.0452 e. The number of hydrogen-bond acceptors (Lipinski definition) is 1. The Kier molecular flexibility index (Phi) is 4.94. The highest BCUT2D eigenvalue weighted by Crippen LogP contribution is 2.35. The van der Waals surface area contributed by atoms with E-state index in [9.17, 15) is 0 Å². The van der Waals surface area contributed by atoms with E-state index in [0.717, 1.165) is 34.4 Å². The maximum atomic E-state index is 6.26. The van der Waals surface area contributed by atoms with Crippen molar-refractivity contribution in [3.63, 3.8) is 0 Å². The highest BCUT2D eigenvalue weighted by atomic mass is 35.5. The summed E-state index contributed by atoms with van der Waals surface area (Å²) in [7, 11) is 0. The Morgan fingerprint density at radius 3 is 2.50 bits per heavy atom. The zero-order valence-corrected chi connectivity index (χ0v) is 12.3. The first kappa shape index (κ1) is 14.2. The Morgan fingerprint density at radius 2 is 1.89 bits per heavy atom. The molecule has 0 aromatic heterocycles. The lowest BCUT2D eigenvalue weighted by Gasteiger charge is -2.34. The topological polar surface area (TPSA) is 26.0 Å². The maximum absolute atomic E-state index is 6.26. The lowest BCUT2D eigenvalue weighted by atomic mass is 9.75. The van der Waals surface area contributed by atoms with Gasteiger partial charge >= 0.3 is 0 Å². The van der Waals surface area contributed by atoms with Crippen molar-refractivity contribution in [2.24, 2.45) is 17.6 Å². The molecular weight excluding hydrogens is 265 g/mol. The van der Waals surface area contributed by atoms with Crippen LogP contribution in [0.4, 0.5) is 0 Å². The Balaban J connectivity index is 2.12. The highest BCUT2D eigenvalue weighted by molar-refractivity contribution is 6.35. The van der Waals surface area contributed by atoms with Gasteiger partial charge in [-0.05, 0) is 55.2 Å². The molecule has 0 aliphatic heterocycles. The molecule has 1 fully saturated rings. The largest absolute Gasteiger partial charge is 0.327 e. The average molecular weight is 286 g/mol. The number of benzene rings is 1. The molecule has 3 unspecified atom stereocenters. The van der Waals surface area contributed by atoms with Crippen LogP contribution in [0.1, 0.15) is 38.2 Å². The summed E-state index contributed by atoms with van der Waals surface area (Å²) in [5.41, 5.74) is 7.33. The van der Waals surface area contributed by atoms with E-state index in [1.54, 1.807) is 0 Å². The van der Waals surface area contributed by atoms with Crippen molar-refractivity contribution < 1.29 is 0 Å². The van der Waals surface area contributed by atoms with Gasteiger partial charge in [-0.3, -0.25) is 0 Å². The third-order valence-corrected chi connectivity index (χ3v) is 4.96. The van der Waals surface area contributed by atoms with Crippen LogP contribution in [0.3, 0.4) is 0 Å². The second kappa shape index (κ2) is 6.27. The van der Waals surface area contributed by atoms with Crippen molar-refractivity contribution in [3.05, 3.63) is 33.8 Å². The van der Waals surface area contributed by atoms with E-state index < -0.39 is 0 Å². The Morgan fingerprint density at radius 1 is 1.22 bits per heavy atom. The van der Waals surface area contributed by atoms with Crippen LogP contribution in [-0.4, -0.2) is 6.04 Å². The zero-order valence-electron chi connectivity index (χ0n) is 10.8. The van der Waals surface area contributed by atoms with Gasteiger partial charge in [0, 0.05) is 16.1 Å². The molecule has 1 nitrogen and oxygen atoms in total. The van der Waals surface area contributed by atoms with Gasteiger partial charge in [0.05, 0.1) is 0 Å². The van der Waals surface area contributed by atoms with Gasteiger partial charge in [-0.25, -0.2) is 0 Å². The lowest BCUT2D eigenvalue weighted by molar-refractivity contribution is 0.227. The van der Waals surface area contributed by atoms with Crippen LogP contribution in [0.25, 0.3) is 0 Å². The third-order valence-electron chi connectivity index (χ3n) is 4.26. The quantitative estimate of drug-likeness (QED) is 0.857. The van der Waals surface area contributed by atoms with Crippen molar-refractivity contribution in [2.75, 3.05) is 0 Å². The SMILES string of the molecule is CCC1CCC(N)C(Cc2c(Cl)cccc2Cl)C1. The number of halogens is 2. The summed E-state index contributed by atoms with van der Waals surface area (Å²) in [6, 6.07) is 6.01. The van der Waals surface area contributed by atoms with Crippen LogP contribution in [0.5, 0.6) is 0 Å². The first-order valence-corrected chi connectivity index (χ1v) is 7.55. The second-order valence-corrected chi connectivity index (χ2v) is 6.23. The molecule has 2 rings (SSSR count). The summed E-state index contributed by atoms with van der Waals surface area (Å²) in [4.78, 5) is 0. The Hall–Kier alpha value is -0.240. The summed E-state index contributed by atoms with van der Waals surface area (Å²) < 4.78 is 0. The monoisotopic (exact) mass is 285 g/mol. The van der Waals surface area contributed by atoms with Crippen LogP contribution in [0, 0.1) is 11.8 Å². The summed E-state index contributed by atoms with van der Waals surface area (Å²) in [5.74, 6) is 1.33. The molecular formula is C15H21Cl2N. The lowest BCUT2D eigenvalue weighted by Crippen LogP contribution is -2.37. The van der Waals surface area contributed by atoms with E-state index in [4.69, 9.17) is 28.9 Å². The van der Waals surface area contributed by atoms with Gasteiger partial charge in [-0.1, -0.05) is 42.6 Å². The molecule has 1 aromatic rings. The molecule has 0 bridgehead atoms. The van der Waals surface area contributed by atoms with E-state index in [1.807, 2.05) is 18.2 Å². The first-order valence-electron chi connectivity index (χ1n) is 6.80. The van der Waals surface area contributed by atoms with Crippen molar-refractivity contribution in [1.82, 2.24) is 0 Å². The van der Waals surface area contributed by atoms with Crippen LogP contribution in [0.2, 0.25) is 10.0 Å². The molecule has 1 aliphatic carbocycles. The van der Waals surface area contributed by atoms with Crippen LogP contribution < -0.4 is 5.73 Å². The molecule has 0 spiro atoms. The van der Waals surface area contributed by atoms with E-state index >= 15 is 0 Å². The van der Waals surface area contributed by atoms with Gasteiger partial charge in [-0.15, -0.1) is 0 Å². The molecule has 18 heavy (non-hydrogen) atoms. The number of hydrogen-bond donors (Lipinski definition) is 1. The molecule has 1 saturated carbocycles. The molecule has 0 saturated heterocycles. The van der Waals surface area contributed by atoms with Crippen molar-refractivity contribution in [2.45, 2.75) is 45.1 Å². The fraction of sp³-hybridized carbons (Fsp3) is 0.600. The van der Waals surface area contributed by atoms with Crippen LogP contribution in [-0.2, 0) is 6.42 Å². The van der Waals surface area contributed by atoms with Gasteiger partial charge in [-0.2, -0.15) is 0 Å². The average Bonchev–Trinajstić information content (AvgIpc) is 2.36. The summed E-state index contributed by atoms with van der Waals surface area (Å²) in [6.07, 6.45) is 5.77. The second-order valence-electron chi connectivity index (χ2n) is 5.42. The molecule has 0 radical (unpaired) electrons. The molecule has 3 atom stereocenters. The molecule has 0 amide bonds. The zero-order chi connectivity index (χ0) is 13.1. The van der Waals surface area contributed by atoms with Gasteiger partial charge in [0.2, 0.25) is 0 Å². The molecule has 100 valence electrons. The molecule has 1 aliphatic rings. The van der Waals surface area contributed by atoms with Gasteiger partial charge < -0.3 is 5.73 Å². The minimum Gasteiger partial charge on any atom is -0.327 e. The summed E-state index contributed by atoms with van der Waals surface area (Å²) in [6.45, 7) is 2.26. The van der Waals surface area contributed by atoms with Crippen molar-refractivity contribution in [3.8, 4) is 0 Å². The van der Waals surface area contributed by atoms with E-state index in [2.05, 4.69) is 6.92 Å². The van der Waals surface area contributed by atoms with Crippen LogP contribution >= 0.6 is 23.2 Å². The third kappa shape index (κ3) is 3.20.